The van der Waals surface area contributed by atoms with E-state index in [1.165, 1.54) is 64.2 Å². The van der Waals surface area contributed by atoms with Crippen LogP contribution in [0.15, 0.2) is 12.4 Å². The summed E-state index contributed by atoms with van der Waals surface area (Å²) >= 11 is 0. The van der Waals surface area contributed by atoms with Crippen molar-refractivity contribution in [3.05, 3.63) is 18.0 Å². The molecule has 5 saturated carbocycles. The fraction of sp³-hybridized carbons (Fsp3) is 0.821. The molecule has 1 aromatic rings. The third-order valence-corrected chi connectivity index (χ3v) is 11.3. The molecular formula is C28H39N3O. The zero-order valence-electron chi connectivity index (χ0n) is 19.9. The molecule has 0 aromatic carbocycles. The van der Waals surface area contributed by atoms with Crippen LogP contribution in [0.2, 0.25) is 0 Å². The predicted molar refractivity (Wildman–Crippen MR) is 123 cm³/mol. The van der Waals surface area contributed by atoms with Gasteiger partial charge in [0.1, 0.15) is 6.07 Å². The van der Waals surface area contributed by atoms with E-state index >= 15 is 0 Å². The fourth-order valence-corrected chi connectivity index (χ4v) is 9.92. The maximum Gasteiger partial charge on any atom is 0.157 e. The molecule has 0 aliphatic heterocycles. The highest BCUT2D eigenvalue weighted by Crippen LogP contribution is 2.72. The highest BCUT2D eigenvalue weighted by atomic mass is 16.1. The molecule has 5 aliphatic carbocycles. The van der Waals surface area contributed by atoms with Crippen LogP contribution in [0.1, 0.15) is 90.0 Å². The van der Waals surface area contributed by atoms with E-state index in [2.05, 4.69) is 25.0 Å². The molecule has 172 valence electrons. The van der Waals surface area contributed by atoms with Gasteiger partial charge in [0.25, 0.3) is 0 Å². The molecule has 0 amide bonds. The normalized spacial score (nSPS) is 45.4. The summed E-state index contributed by atoms with van der Waals surface area (Å²) in [7, 11) is 0. The number of nitriles is 1. The zero-order chi connectivity index (χ0) is 22.1. The molecule has 0 radical (unpaired) electrons. The summed E-state index contributed by atoms with van der Waals surface area (Å²) in [5.74, 6) is 5.96. The van der Waals surface area contributed by atoms with Crippen LogP contribution in [-0.2, 0) is 11.3 Å². The van der Waals surface area contributed by atoms with E-state index in [-0.39, 0.29) is 11.3 Å². The number of carbonyl (C=O) groups is 1. The molecule has 8 atom stereocenters. The quantitative estimate of drug-likeness (QED) is 0.584. The van der Waals surface area contributed by atoms with Crippen LogP contribution in [0.4, 0.5) is 0 Å². The Morgan fingerprint density at radius 3 is 2.66 bits per heavy atom. The van der Waals surface area contributed by atoms with Crippen molar-refractivity contribution in [2.45, 2.75) is 91.0 Å². The Bertz CT molecular complexity index is 941. The van der Waals surface area contributed by atoms with Crippen molar-refractivity contribution < 1.29 is 4.79 Å². The smallest absolute Gasteiger partial charge is 0.157 e. The molecule has 5 aliphatic rings. The molecule has 0 saturated heterocycles. The lowest BCUT2D eigenvalue weighted by Gasteiger charge is -2.62. The Hall–Kier alpha value is -1.63. The van der Waals surface area contributed by atoms with Gasteiger partial charge in [-0.3, -0.25) is 9.48 Å². The molecule has 4 heteroatoms. The molecule has 6 rings (SSSR count). The molecular weight excluding hydrogens is 394 g/mol. The number of nitrogens with zero attached hydrogens (tertiary/aromatic N) is 3. The van der Waals surface area contributed by atoms with Crippen molar-refractivity contribution >= 4 is 5.78 Å². The minimum absolute atomic E-state index is 0.170. The Labute approximate surface area is 193 Å². The van der Waals surface area contributed by atoms with Crippen molar-refractivity contribution in [2.75, 3.05) is 0 Å². The third-order valence-electron chi connectivity index (χ3n) is 11.3. The summed E-state index contributed by atoms with van der Waals surface area (Å²) in [6.45, 7) is 5.29. The Morgan fingerprint density at radius 1 is 1.09 bits per heavy atom. The lowest BCUT2D eigenvalue weighted by Crippen LogP contribution is -2.55. The van der Waals surface area contributed by atoms with Gasteiger partial charge in [-0.15, -0.1) is 0 Å². The number of aromatic nitrogens is 2. The summed E-state index contributed by atoms with van der Waals surface area (Å²) in [5, 5.41) is 13.3. The van der Waals surface area contributed by atoms with Gasteiger partial charge in [0, 0.05) is 12.1 Å². The molecule has 5 fully saturated rings. The van der Waals surface area contributed by atoms with Gasteiger partial charge >= 0.3 is 0 Å². The van der Waals surface area contributed by atoms with Crippen molar-refractivity contribution in [2.24, 2.45) is 52.3 Å². The van der Waals surface area contributed by atoms with Crippen LogP contribution in [0, 0.1) is 63.6 Å². The van der Waals surface area contributed by atoms with Crippen molar-refractivity contribution in [3.8, 4) is 6.07 Å². The van der Waals surface area contributed by atoms with Gasteiger partial charge in [0.15, 0.2) is 5.78 Å². The van der Waals surface area contributed by atoms with Gasteiger partial charge in [-0.1, -0.05) is 20.3 Å². The van der Waals surface area contributed by atoms with Gasteiger partial charge in [-0.05, 0) is 111 Å². The molecule has 0 N–H and O–H groups in total. The monoisotopic (exact) mass is 433 g/mol. The summed E-state index contributed by atoms with van der Waals surface area (Å²) in [6, 6.07) is 2.12. The number of ketones is 1. The van der Waals surface area contributed by atoms with Gasteiger partial charge in [-0.25, -0.2) is 0 Å². The second-order valence-corrected chi connectivity index (χ2v) is 12.6. The van der Waals surface area contributed by atoms with E-state index in [9.17, 15) is 4.79 Å². The first-order valence-electron chi connectivity index (χ1n) is 13.4. The van der Waals surface area contributed by atoms with Crippen LogP contribution in [0.3, 0.4) is 0 Å². The maximum atomic E-state index is 13.4. The molecule has 1 heterocycles. The van der Waals surface area contributed by atoms with E-state index in [0.717, 1.165) is 41.9 Å². The molecule has 1 aromatic heterocycles. The van der Waals surface area contributed by atoms with Crippen LogP contribution in [0.25, 0.3) is 0 Å². The number of hydrogen-bond acceptors (Lipinski definition) is 3. The lowest BCUT2D eigenvalue weighted by molar-refractivity contribution is -0.145. The summed E-state index contributed by atoms with van der Waals surface area (Å²) in [5.41, 5.74) is 1.36. The second-order valence-electron chi connectivity index (χ2n) is 12.6. The topological polar surface area (TPSA) is 58.7 Å². The largest absolute Gasteiger partial charge is 0.297 e. The Kier molecular flexibility index (Phi) is 4.87. The number of carbonyl (C=O) groups excluding carboxylic acids is 1. The fourth-order valence-electron chi connectivity index (χ4n) is 9.92. The van der Waals surface area contributed by atoms with Gasteiger partial charge in [0.05, 0.1) is 18.3 Å². The highest BCUT2D eigenvalue weighted by Gasteiger charge is 2.65. The number of rotatable bonds is 4. The summed E-state index contributed by atoms with van der Waals surface area (Å²) < 4.78 is 1.68. The molecule has 32 heavy (non-hydrogen) atoms. The average Bonchev–Trinajstić information content (AvgIpc) is 3.44. The van der Waals surface area contributed by atoms with Crippen LogP contribution >= 0.6 is 0 Å². The molecule has 2 unspecified atom stereocenters. The van der Waals surface area contributed by atoms with Crippen molar-refractivity contribution in [3.63, 3.8) is 0 Å². The molecule has 0 bridgehead atoms. The first-order valence-corrected chi connectivity index (χ1v) is 13.4. The Morgan fingerprint density at radius 2 is 1.91 bits per heavy atom. The van der Waals surface area contributed by atoms with Gasteiger partial charge in [0.2, 0.25) is 0 Å². The third kappa shape index (κ3) is 2.99. The molecule has 0 spiro atoms. The highest BCUT2D eigenvalue weighted by molar-refractivity contribution is 5.82. The number of hydrogen-bond donors (Lipinski definition) is 0. The minimum Gasteiger partial charge on any atom is -0.297 e. The van der Waals surface area contributed by atoms with E-state index < -0.39 is 0 Å². The summed E-state index contributed by atoms with van der Waals surface area (Å²) in [4.78, 5) is 13.4. The van der Waals surface area contributed by atoms with Gasteiger partial charge < -0.3 is 0 Å². The van der Waals surface area contributed by atoms with E-state index in [4.69, 9.17) is 5.26 Å². The van der Waals surface area contributed by atoms with Crippen LogP contribution in [-0.4, -0.2) is 15.6 Å². The minimum atomic E-state index is 0.170. The van der Waals surface area contributed by atoms with Gasteiger partial charge in [-0.2, -0.15) is 10.4 Å². The Balaban J connectivity index is 1.24. The van der Waals surface area contributed by atoms with E-state index in [0.29, 0.717) is 23.3 Å². The van der Waals surface area contributed by atoms with Crippen LogP contribution in [0.5, 0.6) is 0 Å². The maximum absolute atomic E-state index is 13.4. The SMILES string of the molecule is C[C@H]1CC[C@]2(C3CC3)C3CC[C@@]4(C)C(CC[C@@H]4C(=O)Cn4cc(C#N)cn4)[C@@H]3CC[C@@H]2C1. The zero-order valence-corrected chi connectivity index (χ0v) is 19.9. The number of Topliss-reactive ketones (excluding diaryl/α,β-unsaturated/α-hetero) is 1. The first-order chi connectivity index (χ1) is 15.5. The first kappa shape index (κ1) is 20.9. The standard InChI is InChI=1S/C28H39N3O/c1-18-9-12-28(20-3-4-20)21(13-18)5-6-22-23-7-8-25(27(23,2)11-10-24(22)28)26(32)17-31-16-19(14-29)15-30-31/h15-16,18,20-25H,3-13,17H2,1-2H3/t18-,21+,22-,23?,24?,25+,27-,28+/m0/s1. The summed E-state index contributed by atoms with van der Waals surface area (Å²) in [6.07, 6.45) is 18.5. The van der Waals surface area contributed by atoms with E-state index in [1.54, 1.807) is 17.1 Å². The number of fused-ring (bicyclic) bond motifs is 5. The molecule has 4 nitrogen and oxygen atoms in total. The lowest BCUT2D eigenvalue weighted by atomic mass is 9.42. The van der Waals surface area contributed by atoms with Crippen molar-refractivity contribution in [1.82, 2.24) is 9.78 Å². The average molecular weight is 434 g/mol. The predicted octanol–water partition coefficient (Wildman–Crippen LogP) is 6.01. The second kappa shape index (κ2) is 7.44. The van der Waals surface area contributed by atoms with Crippen LogP contribution < -0.4 is 0 Å². The van der Waals surface area contributed by atoms with E-state index in [1.807, 2.05) is 0 Å². The van der Waals surface area contributed by atoms with Crippen molar-refractivity contribution in [1.29, 1.82) is 5.26 Å².